The molecule has 2 rings (SSSR count). The number of nitrogens with one attached hydrogen (secondary N) is 2. The topological polar surface area (TPSA) is 33.3 Å². The number of anilines is 1. The average Bonchev–Trinajstić information content (AvgIpc) is 2.53. The summed E-state index contributed by atoms with van der Waals surface area (Å²) in [5.41, 5.74) is 0.0439. The molecule has 0 aliphatic carbocycles. The number of halogens is 5. The fraction of sp³-hybridized carbons (Fsp3) is 0.188. The van der Waals surface area contributed by atoms with Gasteiger partial charge < -0.3 is 15.4 Å². The van der Waals surface area contributed by atoms with Crippen LogP contribution in [-0.2, 0) is 12.7 Å². The van der Waals surface area contributed by atoms with Crippen molar-refractivity contribution in [1.82, 2.24) is 5.32 Å². The second-order valence-corrected chi connectivity index (χ2v) is 6.22. The van der Waals surface area contributed by atoms with E-state index in [0.29, 0.717) is 22.0 Å². The van der Waals surface area contributed by atoms with Gasteiger partial charge in [0, 0.05) is 11.6 Å². The Morgan fingerprint density at radius 3 is 2.52 bits per heavy atom. The monoisotopic (exact) mass is 408 g/mol. The van der Waals surface area contributed by atoms with Gasteiger partial charge in [0.1, 0.15) is 5.75 Å². The van der Waals surface area contributed by atoms with E-state index in [0.717, 1.165) is 6.07 Å². The molecule has 0 fully saturated rings. The Kier molecular flexibility index (Phi) is 6.37. The van der Waals surface area contributed by atoms with E-state index < -0.39 is 11.7 Å². The van der Waals surface area contributed by atoms with Crippen LogP contribution in [0.25, 0.3) is 0 Å². The summed E-state index contributed by atoms with van der Waals surface area (Å²) in [5, 5.41) is 6.07. The van der Waals surface area contributed by atoms with Crippen molar-refractivity contribution < 1.29 is 17.9 Å². The molecule has 2 N–H and O–H groups in total. The number of methoxy groups -OCH3 is 1. The standard InChI is InChI=1S/C16H13Cl2F3N2OS/c1-24-14-5-3-10(17)7-13(14)23-15(25)22-8-9-2-4-12(18)11(6-9)16(19,20)21/h2-7H,8H2,1H3,(H2,22,23,25). The molecule has 0 heterocycles. The first kappa shape index (κ1) is 19.6. The Labute approximate surface area is 158 Å². The van der Waals surface area contributed by atoms with Crippen LogP contribution in [0.15, 0.2) is 36.4 Å². The van der Waals surface area contributed by atoms with E-state index in [4.69, 9.17) is 40.2 Å². The minimum absolute atomic E-state index is 0.0922. The first-order chi connectivity index (χ1) is 11.7. The number of rotatable bonds is 4. The lowest BCUT2D eigenvalue weighted by Gasteiger charge is -2.15. The Hall–Kier alpha value is -1.70. The molecule has 2 aromatic rings. The molecule has 0 bridgehead atoms. The van der Waals surface area contributed by atoms with Crippen LogP contribution in [0.2, 0.25) is 10.0 Å². The van der Waals surface area contributed by atoms with Crippen molar-refractivity contribution in [2.45, 2.75) is 12.7 Å². The zero-order valence-electron chi connectivity index (χ0n) is 12.9. The van der Waals surface area contributed by atoms with Crippen molar-refractivity contribution in [2.75, 3.05) is 12.4 Å². The van der Waals surface area contributed by atoms with Crippen molar-refractivity contribution in [3.63, 3.8) is 0 Å². The molecular weight excluding hydrogens is 396 g/mol. The van der Waals surface area contributed by atoms with Crippen LogP contribution >= 0.6 is 35.4 Å². The number of thiocarbonyl (C=S) groups is 1. The molecule has 3 nitrogen and oxygen atoms in total. The predicted octanol–water partition coefficient (Wildman–Crippen LogP) is 5.51. The van der Waals surface area contributed by atoms with Crippen molar-refractivity contribution in [3.05, 3.63) is 57.6 Å². The van der Waals surface area contributed by atoms with Crippen molar-refractivity contribution in [2.24, 2.45) is 0 Å². The highest BCUT2D eigenvalue weighted by atomic mass is 35.5. The third kappa shape index (κ3) is 5.39. The summed E-state index contributed by atoms with van der Waals surface area (Å²) in [5.74, 6) is 0.527. The minimum atomic E-state index is -4.51. The summed E-state index contributed by atoms with van der Waals surface area (Å²) < 4.78 is 43.8. The maximum Gasteiger partial charge on any atom is 0.417 e. The van der Waals surface area contributed by atoms with Gasteiger partial charge in [-0.15, -0.1) is 0 Å². The van der Waals surface area contributed by atoms with Gasteiger partial charge in [-0.3, -0.25) is 0 Å². The molecule has 9 heteroatoms. The quantitative estimate of drug-likeness (QED) is 0.653. The van der Waals surface area contributed by atoms with Crippen LogP contribution in [0.5, 0.6) is 5.75 Å². The van der Waals surface area contributed by atoms with Crippen LogP contribution in [0.1, 0.15) is 11.1 Å². The van der Waals surface area contributed by atoms with Gasteiger partial charge in [-0.1, -0.05) is 29.3 Å². The smallest absolute Gasteiger partial charge is 0.417 e. The van der Waals surface area contributed by atoms with Crippen LogP contribution in [0, 0.1) is 0 Å². The van der Waals surface area contributed by atoms with E-state index in [1.54, 1.807) is 18.2 Å². The molecule has 0 spiro atoms. The predicted molar refractivity (Wildman–Crippen MR) is 97.5 cm³/mol. The third-order valence-electron chi connectivity index (χ3n) is 3.20. The van der Waals surface area contributed by atoms with Crippen molar-refractivity contribution >= 4 is 46.2 Å². The molecule has 0 saturated heterocycles. The van der Waals surface area contributed by atoms with Gasteiger partial charge in [-0.2, -0.15) is 13.2 Å². The highest BCUT2D eigenvalue weighted by Crippen LogP contribution is 2.35. The van der Waals surface area contributed by atoms with Crippen LogP contribution in [0.4, 0.5) is 18.9 Å². The second-order valence-electron chi connectivity index (χ2n) is 4.96. The van der Waals surface area contributed by atoms with Gasteiger partial charge in [-0.05, 0) is 48.1 Å². The molecule has 0 radical (unpaired) electrons. The highest BCUT2D eigenvalue weighted by Gasteiger charge is 2.33. The second kappa shape index (κ2) is 8.12. The Bertz CT molecular complexity index is 784. The molecule has 0 saturated carbocycles. The van der Waals surface area contributed by atoms with Crippen molar-refractivity contribution in [1.29, 1.82) is 0 Å². The number of alkyl halides is 3. The zero-order chi connectivity index (χ0) is 18.6. The molecule has 25 heavy (non-hydrogen) atoms. The van der Waals surface area contributed by atoms with Gasteiger partial charge in [0.05, 0.1) is 23.4 Å². The summed E-state index contributed by atoms with van der Waals surface area (Å²) in [6, 6.07) is 8.64. The maximum atomic E-state index is 12.9. The lowest BCUT2D eigenvalue weighted by Crippen LogP contribution is -2.28. The van der Waals surface area contributed by atoms with Gasteiger partial charge in [0.2, 0.25) is 0 Å². The summed E-state index contributed by atoms with van der Waals surface area (Å²) in [7, 11) is 1.50. The molecule has 2 aromatic carbocycles. The minimum Gasteiger partial charge on any atom is -0.495 e. The SMILES string of the molecule is COc1ccc(Cl)cc1NC(=S)NCc1ccc(Cl)c(C(F)(F)F)c1. The highest BCUT2D eigenvalue weighted by molar-refractivity contribution is 7.80. The Balaban J connectivity index is 2.05. The molecule has 0 atom stereocenters. The number of benzene rings is 2. The Morgan fingerprint density at radius 1 is 1.16 bits per heavy atom. The molecule has 0 amide bonds. The number of hydrogen-bond donors (Lipinski definition) is 2. The van der Waals surface area contributed by atoms with E-state index >= 15 is 0 Å². The lowest BCUT2D eigenvalue weighted by atomic mass is 10.1. The normalized spacial score (nSPS) is 11.1. The molecule has 134 valence electrons. The first-order valence-electron chi connectivity index (χ1n) is 6.94. The number of hydrogen-bond acceptors (Lipinski definition) is 2. The van der Waals surface area contributed by atoms with Gasteiger partial charge in [0.25, 0.3) is 0 Å². The summed E-state index contributed by atoms with van der Waals surface area (Å²) in [4.78, 5) is 0. The fourth-order valence-electron chi connectivity index (χ4n) is 2.03. The molecular formula is C16H13Cl2F3N2OS. The first-order valence-corrected chi connectivity index (χ1v) is 8.11. The van der Waals surface area contributed by atoms with Crippen molar-refractivity contribution in [3.8, 4) is 5.75 Å². The van der Waals surface area contributed by atoms with Crippen LogP contribution in [0.3, 0.4) is 0 Å². The summed E-state index contributed by atoms with van der Waals surface area (Å²) >= 11 is 16.7. The van der Waals surface area contributed by atoms with E-state index in [-0.39, 0.29) is 16.7 Å². The van der Waals surface area contributed by atoms with E-state index in [1.165, 1.54) is 19.2 Å². The third-order valence-corrected chi connectivity index (χ3v) is 4.01. The lowest BCUT2D eigenvalue weighted by molar-refractivity contribution is -0.137. The Morgan fingerprint density at radius 2 is 1.88 bits per heavy atom. The summed E-state index contributed by atoms with van der Waals surface area (Å²) in [6.45, 7) is 0.0922. The number of ether oxygens (including phenoxy) is 1. The largest absolute Gasteiger partial charge is 0.495 e. The molecule has 0 aliphatic rings. The van der Waals surface area contributed by atoms with Gasteiger partial charge in [-0.25, -0.2) is 0 Å². The maximum absolute atomic E-state index is 12.9. The van der Waals surface area contributed by atoms with Gasteiger partial charge >= 0.3 is 6.18 Å². The molecule has 0 unspecified atom stereocenters. The van der Waals surface area contributed by atoms with E-state index in [1.807, 2.05) is 0 Å². The average molecular weight is 409 g/mol. The summed E-state index contributed by atoms with van der Waals surface area (Å²) in [6.07, 6.45) is -4.51. The van der Waals surface area contributed by atoms with Gasteiger partial charge in [0.15, 0.2) is 5.11 Å². The van der Waals surface area contributed by atoms with E-state index in [9.17, 15) is 13.2 Å². The van der Waals surface area contributed by atoms with Crippen LogP contribution < -0.4 is 15.4 Å². The van der Waals surface area contributed by atoms with E-state index in [2.05, 4.69) is 10.6 Å². The fourth-order valence-corrected chi connectivity index (χ4v) is 2.61. The zero-order valence-corrected chi connectivity index (χ0v) is 15.2. The molecule has 0 aliphatic heterocycles. The molecule has 0 aromatic heterocycles. The van der Waals surface area contributed by atoms with Crippen LogP contribution in [-0.4, -0.2) is 12.2 Å².